The second kappa shape index (κ2) is 3.82. The van der Waals surface area contributed by atoms with Crippen LogP contribution in [0.5, 0.6) is 0 Å². The SMILES string of the molecule is COC(=O)/C(C)=C(/C)C=O. The molecule has 0 aromatic heterocycles. The first-order chi connectivity index (χ1) is 4.63. The van der Waals surface area contributed by atoms with Crippen molar-refractivity contribution < 1.29 is 14.3 Å². The zero-order valence-electron chi connectivity index (χ0n) is 6.30. The predicted molar refractivity (Wildman–Crippen MR) is 36.5 cm³/mol. The van der Waals surface area contributed by atoms with Crippen LogP contribution in [0.3, 0.4) is 0 Å². The largest absolute Gasteiger partial charge is 0.466 e. The third kappa shape index (κ3) is 2.01. The first-order valence-electron chi connectivity index (χ1n) is 2.84. The minimum atomic E-state index is -0.454. The second-order valence-corrected chi connectivity index (χ2v) is 1.92. The standard InChI is InChI=1S/C7H10O3/c1-5(4-8)6(2)7(9)10-3/h4H,1-3H3/b6-5-. The van der Waals surface area contributed by atoms with E-state index in [1.165, 1.54) is 7.11 Å². The van der Waals surface area contributed by atoms with Gasteiger partial charge in [-0.3, -0.25) is 4.79 Å². The van der Waals surface area contributed by atoms with Crippen LogP contribution in [0.4, 0.5) is 0 Å². The number of carbonyl (C=O) groups excluding carboxylic acids is 2. The molecule has 0 rings (SSSR count). The summed E-state index contributed by atoms with van der Waals surface area (Å²) in [6.45, 7) is 3.12. The summed E-state index contributed by atoms with van der Waals surface area (Å²) >= 11 is 0. The predicted octanol–water partition coefficient (Wildman–Crippen LogP) is 0.695. The van der Waals surface area contributed by atoms with Crippen molar-refractivity contribution in [3.05, 3.63) is 11.1 Å². The number of aldehydes is 1. The summed E-state index contributed by atoms with van der Waals surface area (Å²) < 4.78 is 4.38. The molecule has 0 unspecified atom stereocenters. The Bertz CT molecular complexity index is 179. The lowest BCUT2D eigenvalue weighted by molar-refractivity contribution is -0.136. The lowest BCUT2D eigenvalue weighted by Crippen LogP contribution is -2.04. The molecule has 0 aliphatic carbocycles. The van der Waals surface area contributed by atoms with Crippen LogP contribution in [-0.2, 0) is 14.3 Å². The highest BCUT2D eigenvalue weighted by Gasteiger charge is 2.05. The third-order valence-corrected chi connectivity index (χ3v) is 1.26. The van der Waals surface area contributed by atoms with E-state index in [1.54, 1.807) is 13.8 Å². The highest BCUT2D eigenvalue weighted by Crippen LogP contribution is 2.01. The molecule has 0 saturated heterocycles. The van der Waals surface area contributed by atoms with Gasteiger partial charge in [0.2, 0.25) is 0 Å². The number of hydrogen-bond acceptors (Lipinski definition) is 3. The monoisotopic (exact) mass is 142 g/mol. The van der Waals surface area contributed by atoms with E-state index in [2.05, 4.69) is 4.74 Å². The third-order valence-electron chi connectivity index (χ3n) is 1.26. The molecular formula is C7H10O3. The lowest BCUT2D eigenvalue weighted by atomic mass is 10.2. The molecule has 0 aliphatic rings. The molecule has 56 valence electrons. The van der Waals surface area contributed by atoms with Gasteiger partial charge in [0.1, 0.15) is 6.29 Å². The molecule has 0 spiro atoms. The van der Waals surface area contributed by atoms with Crippen LogP contribution in [0.1, 0.15) is 13.8 Å². The molecule has 0 bridgehead atoms. The number of rotatable bonds is 2. The van der Waals surface area contributed by atoms with E-state index in [9.17, 15) is 9.59 Å². The molecular weight excluding hydrogens is 132 g/mol. The molecule has 0 aliphatic heterocycles. The maximum atomic E-state index is 10.7. The van der Waals surface area contributed by atoms with Crippen LogP contribution in [0.25, 0.3) is 0 Å². The van der Waals surface area contributed by atoms with Crippen LogP contribution in [0, 0.1) is 0 Å². The molecule has 0 atom stereocenters. The van der Waals surface area contributed by atoms with Gasteiger partial charge in [-0.15, -0.1) is 0 Å². The van der Waals surface area contributed by atoms with Gasteiger partial charge < -0.3 is 4.74 Å². The van der Waals surface area contributed by atoms with E-state index in [-0.39, 0.29) is 0 Å². The fourth-order valence-corrected chi connectivity index (χ4v) is 0.402. The smallest absolute Gasteiger partial charge is 0.333 e. The minimum absolute atomic E-state index is 0.359. The van der Waals surface area contributed by atoms with E-state index >= 15 is 0 Å². The Morgan fingerprint density at radius 1 is 1.40 bits per heavy atom. The van der Waals surface area contributed by atoms with Crippen LogP contribution in [0.2, 0.25) is 0 Å². The minimum Gasteiger partial charge on any atom is -0.466 e. The first-order valence-corrected chi connectivity index (χ1v) is 2.84. The zero-order valence-corrected chi connectivity index (χ0v) is 6.30. The number of methoxy groups -OCH3 is 1. The molecule has 3 heteroatoms. The van der Waals surface area contributed by atoms with Crippen LogP contribution >= 0.6 is 0 Å². The Kier molecular flexibility index (Phi) is 3.39. The molecule has 0 aromatic carbocycles. The zero-order chi connectivity index (χ0) is 8.15. The molecule has 3 nitrogen and oxygen atoms in total. The summed E-state index contributed by atoms with van der Waals surface area (Å²) in [5.41, 5.74) is 0.768. The van der Waals surface area contributed by atoms with Crippen molar-refractivity contribution in [3.8, 4) is 0 Å². The normalized spacial score (nSPS) is 11.9. The summed E-state index contributed by atoms with van der Waals surface area (Å²) in [5.74, 6) is -0.454. The second-order valence-electron chi connectivity index (χ2n) is 1.92. The number of esters is 1. The fraction of sp³-hybridized carbons (Fsp3) is 0.429. The van der Waals surface area contributed by atoms with Gasteiger partial charge in [-0.05, 0) is 19.4 Å². The van der Waals surface area contributed by atoms with Crippen molar-refractivity contribution in [1.82, 2.24) is 0 Å². The maximum absolute atomic E-state index is 10.7. The molecule has 0 fully saturated rings. The van der Waals surface area contributed by atoms with Gasteiger partial charge in [-0.2, -0.15) is 0 Å². The van der Waals surface area contributed by atoms with E-state index in [0.717, 1.165) is 0 Å². The Morgan fingerprint density at radius 2 is 1.90 bits per heavy atom. The van der Waals surface area contributed by atoms with E-state index < -0.39 is 5.97 Å². The molecule has 0 aromatic rings. The van der Waals surface area contributed by atoms with E-state index in [0.29, 0.717) is 17.4 Å². The summed E-state index contributed by atoms with van der Waals surface area (Å²) in [6, 6.07) is 0. The van der Waals surface area contributed by atoms with Crippen molar-refractivity contribution in [1.29, 1.82) is 0 Å². The van der Waals surface area contributed by atoms with Gasteiger partial charge in [0, 0.05) is 5.57 Å². The Labute approximate surface area is 59.7 Å². The van der Waals surface area contributed by atoms with Crippen molar-refractivity contribution in [3.63, 3.8) is 0 Å². The van der Waals surface area contributed by atoms with E-state index in [4.69, 9.17) is 0 Å². The van der Waals surface area contributed by atoms with Crippen LogP contribution in [0.15, 0.2) is 11.1 Å². The first kappa shape index (κ1) is 8.88. The van der Waals surface area contributed by atoms with Crippen LogP contribution in [-0.4, -0.2) is 19.4 Å². The number of allylic oxidation sites excluding steroid dienone is 1. The summed E-state index contributed by atoms with van der Waals surface area (Å²) in [6.07, 6.45) is 0.631. The van der Waals surface area contributed by atoms with Crippen molar-refractivity contribution in [2.24, 2.45) is 0 Å². The highest BCUT2D eigenvalue weighted by molar-refractivity contribution is 5.94. The van der Waals surface area contributed by atoms with Gasteiger partial charge in [0.05, 0.1) is 7.11 Å². The van der Waals surface area contributed by atoms with Gasteiger partial charge >= 0.3 is 5.97 Å². The highest BCUT2D eigenvalue weighted by atomic mass is 16.5. The molecule has 0 N–H and O–H groups in total. The average molecular weight is 142 g/mol. The van der Waals surface area contributed by atoms with Gasteiger partial charge in [-0.25, -0.2) is 4.79 Å². The topological polar surface area (TPSA) is 43.4 Å². The van der Waals surface area contributed by atoms with Crippen molar-refractivity contribution in [2.45, 2.75) is 13.8 Å². The number of carbonyl (C=O) groups is 2. The molecule has 10 heavy (non-hydrogen) atoms. The molecule has 0 saturated carbocycles. The van der Waals surface area contributed by atoms with E-state index in [1.807, 2.05) is 0 Å². The summed E-state index contributed by atoms with van der Waals surface area (Å²) in [5, 5.41) is 0. The Morgan fingerprint density at radius 3 is 2.20 bits per heavy atom. The number of hydrogen-bond donors (Lipinski definition) is 0. The van der Waals surface area contributed by atoms with Crippen molar-refractivity contribution >= 4 is 12.3 Å². The quantitative estimate of drug-likeness (QED) is 0.324. The summed E-state index contributed by atoms with van der Waals surface area (Å²) in [7, 11) is 1.28. The van der Waals surface area contributed by atoms with Gasteiger partial charge in [0.15, 0.2) is 0 Å². The maximum Gasteiger partial charge on any atom is 0.333 e. The molecule has 0 radical (unpaired) electrons. The van der Waals surface area contributed by atoms with Crippen molar-refractivity contribution in [2.75, 3.05) is 7.11 Å². The Hall–Kier alpha value is -1.12. The van der Waals surface area contributed by atoms with Crippen LogP contribution < -0.4 is 0 Å². The number of ether oxygens (including phenoxy) is 1. The average Bonchev–Trinajstić information content (AvgIpc) is 2.00. The Balaban J connectivity index is 4.45. The molecule has 0 heterocycles. The summed E-state index contributed by atoms with van der Waals surface area (Å²) in [4.78, 5) is 20.8. The van der Waals surface area contributed by atoms with Gasteiger partial charge in [0.25, 0.3) is 0 Å². The molecule has 0 amide bonds. The fourth-order valence-electron chi connectivity index (χ4n) is 0.402. The van der Waals surface area contributed by atoms with Gasteiger partial charge in [-0.1, -0.05) is 0 Å². The lowest BCUT2D eigenvalue weighted by Gasteiger charge is -1.98.